The maximum Gasteiger partial charge on any atom is 0.224 e. The van der Waals surface area contributed by atoms with Crippen LogP contribution in [0.15, 0.2) is 78.9 Å². The Bertz CT molecular complexity index is 843. The molecule has 0 saturated carbocycles. The van der Waals surface area contributed by atoms with E-state index in [4.69, 9.17) is 9.47 Å². The summed E-state index contributed by atoms with van der Waals surface area (Å²) in [6, 6.07) is 25.6. The fraction of sp³-hybridized carbons (Fsp3) is 0.174. The van der Waals surface area contributed by atoms with Crippen molar-refractivity contribution >= 4 is 5.91 Å². The summed E-state index contributed by atoms with van der Waals surface area (Å²) in [7, 11) is 1.63. The van der Waals surface area contributed by atoms with Crippen LogP contribution in [0.2, 0.25) is 0 Å². The van der Waals surface area contributed by atoms with Crippen molar-refractivity contribution in [3.05, 3.63) is 84.4 Å². The molecule has 0 bridgehead atoms. The number of amides is 1. The van der Waals surface area contributed by atoms with E-state index in [2.05, 4.69) is 17.4 Å². The van der Waals surface area contributed by atoms with Gasteiger partial charge in [0.1, 0.15) is 18.1 Å². The number of rotatable bonds is 8. The SMILES string of the molecule is COc1ccc(OCCNC(=O)Cc2ccc(-c3ccccc3)cc2)cc1. The highest BCUT2D eigenvalue weighted by atomic mass is 16.5. The molecule has 1 amide bonds. The normalized spacial score (nSPS) is 10.3. The molecule has 0 aliphatic rings. The molecule has 4 nitrogen and oxygen atoms in total. The number of benzene rings is 3. The largest absolute Gasteiger partial charge is 0.497 e. The minimum atomic E-state index is -0.0132. The minimum absolute atomic E-state index is 0.0132. The second kappa shape index (κ2) is 9.43. The third-order valence-corrected chi connectivity index (χ3v) is 4.18. The molecule has 3 rings (SSSR count). The zero-order valence-electron chi connectivity index (χ0n) is 15.4. The highest BCUT2D eigenvalue weighted by molar-refractivity contribution is 5.78. The van der Waals surface area contributed by atoms with E-state index in [9.17, 15) is 4.79 Å². The highest BCUT2D eigenvalue weighted by Crippen LogP contribution is 2.19. The number of methoxy groups -OCH3 is 1. The standard InChI is InChI=1S/C23H23NO3/c1-26-21-11-13-22(14-12-21)27-16-15-24-23(25)17-18-7-9-20(10-8-18)19-5-3-2-4-6-19/h2-14H,15-17H2,1H3,(H,24,25). The molecule has 0 aromatic heterocycles. The monoisotopic (exact) mass is 361 g/mol. The van der Waals surface area contributed by atoms with Crippen LogP contribution in [0.3, 0.4) is 0 Å². The van der Waals surface area contributed by atoms with Crippen LogP contribution in [-0.2, 0) is 11.2 Å². The molecule has 0 radical (unpaired) electrons. The first-order chi connectivity index (χ1) is 13.2. The maximum absolute atomic E-state index is 12.1. The third kappa shape index (κ3) is 5.61. The third-order valence-electron chi connectivity index (χ3n) is 4.18. The Morgan fingerprint density at radius 3 is 2.11 bits per heavy atom. The lowest BCUT2D eigenvalue weighted by molar-refractivity contribution is -0.120. The molecule has 1 N–H and O–H groups in total. The molecule has 0 fully saturated rings. The van der Waals surface area contributed by atoms with E-state index in [1.807, 2.05) is 66.7 Å². The van der Waals surface area contributed by atoms with Crippen LogP contribution in [-0.4, -0.2) is 26.2 Å². The van der Waals surface area contributed by atoms with Gasteiger partial charge in [-0.15, -0.1) is 0 Å². The fourth-order valence-electron chi connectivity index (χ4n) is 2.72. The van der Waals surface area contributed by atoms with Gasteiger partial charge in [0.15, 0.2) is 0 Å². The van der Waals surface area contributed by atoms with Crippen molar-refractivity contribution in [2.24, 2.45) is 0 Å². The van der Waals surface area contributed by atoms with Crippen LogP contribution < -0.4 is 14.8 Å². The summed E-state index contributed by atoms with van der Waals surface area (Å²) in [5, 5.41) is 2.88. The quantitative estimate of drug-likeness (QED) is 0.615. The van der Waals surface area contributed by atoms with Crippen LogP contribution in [0.1, 0.15) is 5.56 Å². The average Bonchev–Trinajstić information content (AvgIpc) is 2.73. The molecule has 0 spiro atoms. The minimum Gasteiger partial charge on any atom is -0.497 e. The van der Waals surface area contributed by atoms with Gasteiger partial charge in [0.25, 0.3) is 0 Å². The van der Waals surface area contributed by atoms with Gasteiger partial charge in [0.2, 0.25) is 5.91 Å². The summed E-state index contributed by atoms with van der Waals surface area (Å²) >= 11 is 0. The van der Waals surface area contributed by atoms with E-state index < -0.39 is 0 Å². The second-order valence-corrected chi connectivity index (χ2v) is 6.11. The van der Waals surface area contributed by atoms with E-state index in [0.717, 1.165) is 22.6 Å². The Morgan fingerprint density at radius 1 is 0.815 bits per heavy atom. The number of nitrogens with one attached hydrogen (secondary N) is 1. The predicted octanol–water partition coefficient (Wildman–Crippen LogP) is 4.10. The van der Waals surface area contributed by atoms with Crippen LogP contribution in [0.25, 0.3) is 11.1 Å². The van der Waals surface area contributed by atoms with E-state index in [1.165, 1.54) is 5.56 Å². The first-order valence-electron chi connectivity index (χ1n) is 8.92. The van der Waals surface area contributed by atoms with Gasteiger partial charge in [-0.1, -0.05) is 54.6 Å². The zero-order valence-corrected chi connectivity index (χ0v) is 15.4. The van der Waals surface area contributed by atoms with Crippen molar-refractivity contribution in [1.82, 2.24) is 5.32 Å². The molecule has 0 aliphatic heterocycles. The van der Waals surface area contributed by atoms with Crippen molar-refractivity contribution in [2.75, 3.05) is 20.3 Å². The number of carbonyl (C=O) groups excluding carboxylic acids is 1. The molecule has 0 heterocycles. The maximum atomic E-state index is 12.1. The molecular formula is C23H23NO3. The van der Waals surface area contributed by atoms with Gasteiger partial charge in [-0.3, -0.25) is 4.79 Å². The molecule has 0 saturated heterocycles. The summed E-state index contributed by atoms with van der Waals surface area (Å²) < 4.78 is 10.7. The van der Waals surface area contributed by atoms with Crippen molar-refractivity contribution in [2.45, 2.75) is 6.42 Å². The number of hydrogen-bond donors (Lipinski definition) is 1. The van der Waals surface area contributed by atoms with Gasteiger partial charge in [-0.05, 0) is 41.0 Å². The highest BCUT2D eigenvalue weighted by Gasteiger charge is 2.04. The molecule has 138 valence electrons. The van der Waals surface area contributed by atoms with Gasteiger partial charge in [-0.25, -0.2) is 0 Å². The van der Waals surface area contributed by atoms with Crippen LogP contribution >= 0.6 is 0 Å². The van der Waals surface area contributed by atoms with Gasteiger partial charge in [-0.2, -0.15) is 0 Å². The summed E-state index contributed by atoms with van der Waals surface area (Å²) in [6.07, 6.45) is 0.359. The van der Waals surface area contributed by atoms with E-state index in [-0.39, 0.29) is 5.91 Å². The van der Waals surface area contributed by atoms with Gasteiger partial charge >= 0.3 is 0 Å². The molecule has 0 aliphatic carbocycles. The lowest BCUT2D eigenvalue weighted by Gasteiger charge is -2.09. The number of hydrogen-bond acceptors (Lipinski definition) is 3. The van der Waals surface area contributed by atoms with Crippen LogP contribution in [0.4, 0.5) is 0 Å². The van der Waals surface area contributed by atoms with Crippen LogP contribution in [0.5, 0.6) is 11.5 Å². The molecule has 3 aromatic rings. The van der Waals surface area contributed by atoms with E-state index >= 15 is 0 Å². The topological polar surface area (TPSA) is 47.6 Å². The van der Waals surface area contributed by atoms with Gasteiger partial charge in [0, 0.05) is 0 Å². The van der Waals surface area contributed by atoms with Crippen molar-refractivity contribution in [3.63, 3.8) is 0 Å². The van der Waals surface area contributed by atoms with Crippen molar-refractivity contribution in [3.8, 4) is 22.6 Å². The van der Waals surface area contributed by atoms with Crippen LogP contribution in [0, 0.1) is 0 Å². The summed E-state index contributed by atoms with van der Waals surface area (Å²) in [6.45, 7) is 0.887. The zero-order chi connectivity index (χ0) is 18.9. The second-order valence-electron chi connectivity index (χ2n) is 6.11. The average molecular weight is 361 g/mol. The molecular weight excluding hydrogens is 338 g/mol. The smallest absolute Gasteiger partial charge is 0.224 e. The van der Waals surface area contributed by atoms with E-state index in [0.29, 0.717) is 19.6 Å². The number of carbonyl (C=O) groups is 1. The molecule has 3 aromatic carbocycles. The summed E-state index contributed by atoms with van der Waals surface area (Å²) in [5.74, 6) is 1.52. The molecule has 4 heteroatoms. The Morgan fingerprint density at radius 2 is 1.44 bits per heavy atom. The molecule has 0 unspecified atom stereocenters. The Labute approximate surface area is 159 Å². The summed E-state index contributed by atoms with van der Waals surface area (Å²) in [5.41, 5.74) is 3.31. The Hall–Kier alpha value is -3.27. The molecule has 27 heavy (non-hydrogen) atoms. The predicted molar refractivity (Wildman–Crippen MR) is 107 cm³/mol. The fourth-order valence-corrected chi connectivity index (χ4v) is 2.72. The first-order valence-corrected chi connectivity index (χ1v) is 8.92. The molecule has 0 atom stereocenters. The number of ether oxygens (including phenoxy) is 2. The van der Waals surface area contributed by atoms with Crippen molar-refractivity contribution in [1.29, 1.82) is 0 Å². The van der Waals surface area contributed by atoms with E-state index in [1.54, 1.807) is 7.11 Å². The Kier molecular flexibility index (Phi) is 6.47. The first kappa shape index (κ1) is 18.5. The summed E-state index contributed by atoms with van der Waals surface area (Å²) in [4.78, 5) is 12.1. The van der Waals surface area contributed by atoms with Gasteiger partial charge < -0.3 is 14.8 Å². The lowest BCUT2D eigenvalue weighted by atomic mass is 10.0. The lowest BCUT2D eigenvalue weighted by Crippen LogP contribution is -2.29. The Balaban J connectivity index is 1.41. The van der Waals surface area contributed by atoms with Gasteiger partial charge in [0.05, 0.1) is 20.1 Å². The van der Waals surface area contributed by atoms with Crippen molar-refractivity contribution < 1.29 is 14.3 Å².